The average molecular weight is 293 g/mol. The minimum atomic E-state index is 0.939. The number of aryl methyl sites for hydroxylation is 1. The first-order chi connectivity index (χ1) is 10.4. The lowest BCUT2D eigenvalue weighted by Gasteiger charge is -2.08. The van der Waals surface area contributed by atoms with E-state index in [1.54, 1.807) is 0 Å². The molecule has 0 aliphatic carbocycles. The smallest absolute Gasteiger partial charge is 0.0522 e. The van der Waals surface area contributed by atoms with Crippen molar-refractivity contribution in [2.24, 2.45) is 0 Å². The van der Waals surface area contributed by atoms with Crippen molar-refractivity contribution in [1.82, 2.24) is 15.1 Å². The van der Waals surface area contributed by atoms with Crippen molar-refractivity contribution in [3.8, 4) is 0 Å². The SMILES string of the molecule is CCCCCCCCCCCCn1nccc1CNCC. The normalized spacial score (nSPS) is 11.1. The zero-order valence-corrected chi connectivity index (χ0v) is 14.2. The second-order valence-corrected chi connectivity index (χ2v) is 6.01. The van der Waals surface area contributed by atoms with Gasteiger partial charge < -0.3 is 5.32 Å². The van der Waals surface area contributed by atoms with Crippen LogP contribution in [0.25, 0.3) is 0 Å². The lowest BCUT2D eigenvalue weighted by atomic mass is 10.1. The minimum Gasteiger partial charge on any atom is -0.311 e. The fourth-order valence-corrected chi connectivity index (χ4v) is 2.71. The van der Waals surface area contributed by atoms with E-state index in [4.69, 9.17) is 0 Å². The summed E-state index contributed by atoms with van der Waals surface area (Å²) >= 11 is 0. The van der Waals surface area contributed by atoms with E-state index >= 15 is 0 Å². The van der Waals surface area contributed by atoms with Gasteiger partial charge in [0, 0.05) is 19.3 Å². The predicted molar refractivity (Wildman–Crippen MR) is 91.5 cm³/mol. The van der Waals surface area contributed by atoms with Crippen LogP contribution in [-0.4, -0.2) is 16.3 Å². The maximum absolute atomic E-state index is 4.42. The number of unbranched alkanes of at least 4 members (excludes halogenated alkanes) is 9. The highest BCUT2D eigenvalue weighted by Gasteiger charge is 2.01. The molecule has 0 aliphatic heterocycles. The van der Waals surface area contributed by atoms with Crippen molar-refractivity contribution < 1.29 is 0 Å². The van der Waals surface area contributed by atoms with Crippen molar-refractivity contribution in [2.75, 3.05) is 6.54 Å². The Bertz CT molecular complexity index is 333. The Morgan fingerprint density at radius 1 is 0.905 bits per heavy atom. The minimum absolute atomic E-state index is 0.939. The van der Waals surface area contributed by atoms with Crippen LogP contribution >= 0.6 is 0 Å². The third-order valence-corrected chi connectivity index (χ3v) is 4.08. The van der Waals surface area contributed by atoms with Crippen LogP contribution in [0.5, 0.6) is 0 Å². The van der Waals surface area contributed by atoms with E-state index in [1.807, 2.05) is 6.20 Å². The maximum Gasteiger partial charge on any atom is 0.0522 e. The Balaban J connectivity index is 1.95. The van der Waals surface area contributed by atoms with E-state index in [0.717, 1.165) is 19.6 Å². The summed E-state index contributed by atoms with van der Waals surface area (Å²) in [6, 6.07) is 2.12. The molecular weight excluding hydrogens is 258 g/mol. The Morgan fingerprint density at radius 2 is 1.52 bits per heavy atom. The molecule has 1 heterocycles. The van der Waals surface area contributed by atoms with Gasteiger partial charge in [0.25, 0.3) is 0 Å². The van der Waals surface area contributed by atoms with Gasteiger partial charge in [-0.1, -0.05) is 71.6 Å². The fraction of sp³-hybridized carbons (Fsp3) is 0.833. The molecule has 0 amide bonds. The molecule has 0 saturated heterocycles. The summed E-state index contributed by atoms with van der Waals surface area (Å²) in [6.07, 6.45) is 15.8. The molecule has 0 aromatic carbocycles. The Kier molecular flexibility index (Phi) is 11.2. The predicted octanol–water partition coefficient (Wildman–Crippen LogP) is 4.91. The molecule has 21 heavy (non-hydrogen) atoms. The highest BCUT2D eigenvalue weighted by atomic mass is 15.3. The molecule has 3 nitrogen and oxygen atoms in total. The zero-order chi connectivity index (χ0) is 15.2. The van der Waals surface area contributed by atoms with E-state index in [2.05, 4.69) is 35.0 Å². The summed E-state index contributed by atoms with van der Waals surface area (Å²) in [5.74, 6) is 0. The summed E-state index contributed by atoms with van der Waals surface area (Å²) in [4.78, 5) is 0. The number of aromatic nitrogens is 2. The van der Waals surface area contributed by atoms with Crippen molar-refractivity contribution in [2.45, 2.75) is 91.1 Å². The topological polar surface area (TPSA) is 29.9 Å². The quantitative estimate of drug-likeness (QED) is 0.494. The monoisotopic (exact) mass is 293 g/mol. The number of hydrogen-bond acceptors (Lipinski definition) is 2. The second-order valence-electron chi connectivity index (χ2n) is 6.01. The average Bonchev–Trinajstić information content (AvgIpc) is 2.94. The summed E-state index contributed by atoms with van der Waals surface area (Å²) < 4.78 is 2.16. The molecule has 0 aliphatic rings. The number of rotatable bonds is 14. The van der Waals surface area contributed by atoms with Gasteiger partial charge in [-0.2, -0.15) is 5.10 Å². The van der Waals surface area contributed by atoms with Gasteiger partial charge in [-0.25, -0.2) is 0 Å². The molecule has 0 bridgehead atoms. The highest BCUT2D eigenvalue weighted by molar-refractivity contribution is 4.99. The van der Waals surface area contributed by atoms with Crippen LogP contribution in [0.3, 0.4) is 0 Å². The van der Waals surface area contributed by atoms with Gasteiger partial charge in [-0.3, -0.25) is 4.68 Å². The molecule has 122 valence electrons. The van der Waals surface area contributed by atoms with Crippen molar-refractivity contribution in [3.05, 3.63) is 18.0 Å². The third kappa shape index (κ3) is 8.92. The molecule has 3 heteroatoms. The zero-order valence-electron chi connectivity index (χ0n) is 14.2. The number of hydrogen-bond donors (Lipinski definition) is 1. The van der Waals surface area contributed by atoms with Crippen LogP contribution in [0.2, 0.25) is 0 Å². The Hall–Kier alpha value is -0.830. The summed E-state index contributed by atoms with van der Waals surface area (Å²) in [6.45, 7) is 7.45. The van der Waals surface area contributed by atoms with E-state index in [0.29, 0.717) is 0 Å². The standard InChI is InChI=1S/C18H35N3/c1-3-5-6-7-8-9-10-11-12-13-16-21-18(14-15-20-21)17-19-4-2/h14-15,19H,3-13,16-17H2,1-2H3. The fourth-order valence-electron chi connectivity index (χ4n) is 2.71. The largest absolute Gasteiger partial charge is 0.311 e. The summed E-state index contributed by atoms with van der Waals surface area (Å²) in [5.41, 5.74) is 1.31. The van der Waals surface area contributed by atoms with Crippen molar-refractivity contribution in [1.29, 1.82) is 0 Å². The molecule has 1 N–H and O–H groups in total. The molecule has 0 radical (unpaired) electrons. The third-order valence-electron chi connectivity index (χ3n) is 4.08. The van der Waals surface area contributed by atoms with E-state index in [-0.39, 0.29) is 0 Å². The van der Waals surface area contributed by atoms with Crippen molar-refractivity contribution in [3.63, 3.8) is 0 Å². The van der Waals surface area contributed by atoms with Gasteiger partial charge in [0.2, 0.25) is 0 Å². The first kappa shape index (κ1) is 18.2. The van der Waals surface area contributed by atoms with Gasteiger partial charge in [0.05, 0.1) is 5.69 Å². The van der Waals surface area contributed by atoms with Crippen LogP contribution in [0.1, 0.15) is 83.7 Å². The molecule has 0 saturated carbocycles. The van der Waals surface area contributed by atoms with Crippen molar-refractivity contribution >= 4 is 0 Å². The molecule has 0 unspecified atom stereocenters. The molecular formula is C18H35N3. The molecule has 1 aromatic rings. The van der Waals surface area contributed by atoms with Crippen LogP contribution in [0.15, 0.2) is 12.3 Å². The van der Waals surface area contributed by atoms with Gasteiger partial charge in [0.1, 0.15) is 0 Å². The second kappa shape index (κ2) is 12.9. The first-order valence-corrected chi connectivity index (χ1v) is 9.09. The van der Waals surface area contributed by atoms with Gasteiger partial charge in [-0.15, -0.1) is 0 Å². The summed E-state index contributed by atoms with van der Waals surface area (Å²) in [5, 5.41) is 7.79. The van der Waals surface area contributed by atoms with Crippen LogP contribution in [-0.2, 0) is 13.1 Å². The Labute approximate surface area is 131 Å². The van der Waals surface area contributed by atoms with Gasteiger partial charge in [0.15, 0.2) is 0 Å². The highest BCUT2D eigenvalue weighted by Crippen LogP contribution is 2.11. The van der Waals surface area contributed by atoms with Crippen LogP contribution in [0.4, 0.5) is 0 Å². The van der Waals surface area contributed by atoms with Gasteiger partial charge in [-0.05, 0) is 19.0 Å². The summed E-state index contributed by atoms with van der Waals surface area (Å²) in [7, 11) is 0. The first-order valence-electron chi connectivity index (χ1n) is 9.09. The van der Waals surface area contributed by atoms with E-state index < -0.39 is 0 Å². The van der Waals surface area contributed by atoms with Crippen LogP contribution in [0, 0.1) is 0 Å². The molecule has 0 fully saturated rings. The lowest BCUT2D eigenvalue weighted by Crippen LogP contribution is -2.16. The Morgan fingerprint density at radius 3 is 2.14 bits per heavy atom. The van der Waals surface area contributed by atoms with E-state index in [1.165, 1.54) is 69.9 Å². The number of nitrogens with one attached hydrogen (secondary N) is 1. The van der Waals surface area contributed by atoms with E-state index in [9.17, 15) is 0 Å². The molecule has 1 aromatic heterocycles. The molecule has 0 spiro atoms. The van der Waals surface area contributed by atoms with Crippen LogP contribution < -0.4 is 5.32 Å². The maximum atomic E-state index is 4.42. The number of nitrogens with zero attached hydrogens (tertiary/aromatic N) is 2. The molecule has 1 rings (SSSR count). The lowest BCUT2D eigenvalue weighted by molar-refractivity contribution is 0.499. The molecule has 0 atom stereocenters. The van der Waals surface area contributed by atoms with Gasteiger partial charge >= 0.3 is 0 Å².